The Bertz CT molecular complexity index is 616. The first-order valence-corrected chi connectivity index (χ1v) is 8.68. The summed E-state index contributed by atoms with van der Waals surface area (Å²) in [6.45, 7) is 2.38. The van der Waals surface area contributed by atoms with E-state index in [0.29, 0.717) is 0 Å². The molecule has 1 amide bonds. The molecule has 0 saturated heterocycles. The van der Waals surface area contributed by atoms with Gasteiger partial charge in [0.2, 0.25) is 5.91 Å². The van der Waals surface area contributed by atoms with E-state index in [1.54, 1.807) is 6.92 Å². The van der Waals surface area contributed by atoms with Gasteiger partial charge in [0.05, 0.1) is 6.61 Å². The summed E-state index contributed by atoms with van der Waals surface area (Å²) in [5.41, 5.74) is 5.61. The average molecular weight is 432 g/mol. The molecule has 0 aromatic carbocycles. The average Bonchev–Trinajstić information content (AvgIpc) is 3.02. The van der Waals surface area contributed by atoms with Crippen LogP contribution in [0.25, 0.3) is 0 Å². The Hall–Kier alpha value is -2.08. The molecular weight excluding hydrogens is 411 g/mol. The summed E-state index contributed by atoms with van der Waals surface area (Å²) in [6, 6.07) is -2.21. The second-order valence-electron chi connectivity index (χ2n) is 6.05. The van der Waals surface area contributed by atoms with Gasteiger partial charge in [0.1, 0.15) is 11.8 Å². The van der Waals surface area contributed by atoms with Gasteiger partial charge in [-0.25, -0.2) is 9.59 Å². The largest absolute Gasteiger partial charge is 0.490 e. The third kappa shape index (κ3) is 7.50. The van der Waals surface area contributed by atoms with Crippen LogP contribution in [-0.2, 0) is 28.7 Å². The van der Waals surface area contributed by atoms with Crippen LogP contribution in [0.5, 0.6) is 0 Å². The molecule has 0 aliphatic carbocycles. The van der Waals surface area contributed by atoms with Crippen molar-refractivity contribution in [3.05, 3.63) is 0 Å². The lowest BCUT2D eigenvalue weighted by Gasteiger charge is -2.24. The van der Waals surface area contributed by atoms with Gasteiger partial charge in [-0.2, -0.15) is 13.2 Å². The number of hydrogen-bond donors (Lipinski definition) is 2. The van der Waals surface area contributed by atoms with E-state index in [-0.39, 0.29) is 24.6 Å². The highest BCUT2D eigenvalue weighted by atomic mass is 35.5. The fourth-order valence-corrected chi connectivity index (χ4v) is 2.46. The van der Waals surface area contributed by atoms with Crippen molar-refractivity contribution >= 4 is 34.6 Å². The van der Waals surface area contributed by atoms with E-state index < -0.39 is 54.7 Å². The van der Waals surface area contributed by atoms with Crippen LogP contribution in [0.3, 0.4) is 0 Å². The number of nitrogens with one attached hydrogen (secondary N) is 1. The Morgan fingerprint density at radius 1 is 1.39 bits per heavy atom. The molecule has 160 valence electrons. The van der Waals surface area contributed by atoms with Crippen molar-refractivity contribution in [2.45, 2.75) is 51.1 Å². The zero-order chi connectivity index (χ0) is 21.5. The summed E-state index contributed by atoms with van der Waals surface area (Å²) < 4.78 is 45.2. The minimum atomic E-state index is -5.12. The van der Waals surface area contributed by atoms with E-state index in [4.69, 9.17) is 26.9 Å². The van der Waals surface area contributed by atoms with Gasteiger partial charge in [0.15, 0.2) is 12.1 Å². The molecule has 13 heteroatoms. The van der Waals surface area contributed by atoms with Crippen molar-refractivity contribution < 1.29 is 41.9 Å². The summed E-state index contributed by atoms with van der Waals surface area (Å²) in [7, 11) is 0. The van der Waals surface area contributed by atoms with Crippen molar-refractivity contribution in [3.63, 3.8) is 0 Å². The van der Waals surface area contributed by atoms with Crippen LogP contribution in [0.2, 0.25) is 0 Å². The lowest BCUT2D eigenvalue weighted by Crippen LogP contribution is -2.51. The van der Waals surface area contributed by atoms with Crippen LogP contribution < -0.4 is 11.1 Å². The van der Waals surface area contributed by atoms with Crippen LogP contribution in [0.4, 0.5) is 13.2 Å². The number of carbonyl (C=O) groups excluding carboxylic acids is 3. The maximum atomic E-state index is 12.3. The standard InChI is InChI=1S/C15H21ClF3N3O6/c1-3-26-13(24)11(9-5-10(16)22-28-9)21-12(23)7(2)4-8(20)6-27-14(25)15(17,18)19/h7-9,11H,3-6,20H2,1-2H3,(H,21,23)/t7?,8?,9-,11?/m1/s1. The summed E-state index contributed by atoms with van der Waals surface area (Å²) in [5, 5.41) is 6.07. The van der Waals surface area contributed by atoms with E-state index in [0.717, 1.165) is 0 Å². The Morgan fingerprint density at radius 3 is 2.54 bits per heavy atom. The van der Waals surface area contributed by atoms with E-state index in [1.165, 1.54) is 6.92 Å². The molecular formula is C15H21ClF3N3O6. The van der Waals surface area contributed by atoms with Crippen molar-refractivity contribution in [1.82, 2.24) is 5.32 Å². The molecule has 0 bridgehead atoms. The SMILES string of the molecule is CCOC(=O)C(NC(=O)C(C)CC(N)COC(=O)C(F)(F)F)[C@H]1CC(Cl)=NO1. The highest BCUT2D eigenvalue weighted by Gasteiger charge is 2.41. The first kappa shape index (κ1) is 24.0. The number of nitrogens with two attached hydrogens (primary N) is 1. The van der Waals surface area contributed by atoms with Gasteiger partial charge in [-0.3, -0.25) is 4.79 Å². The van der Waals surface area contributed by atoms with E-state index in [9.17, 15) is 27.6 Å². The predicted octanol–water partition coefficient (Wildman–Crippen LogP) is 0.834. The first-order chi connectivity index (χ1) is 13.0. The number of halogens is 4. The molecule has 3 N–H and O–H groups in total. The summed E-state index contributed by atoms with van der Waals surface area (Å²) in [6.07, 6.45) is -5.99. The van der Waals surface area contributed by atoms with Crippen molar-refractivity contribution in [3.8, 4) is 0 Å². The second-order valence-corrected chi connectivity index (χ2v) is 6.48. The number of alkyl halides is 3. The third-order valence-electron chi connectivity index (χ3n) is 3.63. The van der Waals surface area contributed by atoms with Gasteiger partial charge >= 0.3 is 18.1 Å². The number of nitrogens with zero attached hydrogens (tertiary/aromatic N) is 1. The van der Waals surface area contributed by atoms with Gasteiger partial charge in [0.25, 0.3) is 0 Å². The van der Waals surface area contributed by atoms with Crippen LogP contribution in [0, 0.1) is 5.92 Å². The zero-order valence-electron chi connectivity index (χ0n) is 15.1. The van der Waals surface area contributed by atoms with Gasteiger partial charge in [0, 0.05) is 18.4 Å². The molecule has 3 unspecified atom stereocenters. The zero-order valence-corrected chi connectivity index (χ0v) is 15.9. The van der Waals surface area contributed by atoms with Gasteiger partial charge in [-0.1, -0.05) is 23.7 Å². The molecule has 0 spiro atoms. The molecule has 0 aromatic heterocycles. The molecule has 1 heterocycles. The lowest BCUT2D eigenvalue weighted by molar-refractivity contribution is -0.200. The molecule has 1 aliphatic rings. The minimum Gasteiger partial charge on any atom is -0.464 e. The topological polar surface area (TPSA) is 129 Å². The van der Waals surface area contributed by atoms with E-state index in [2.05, 4.69) is 15.2 Å². The molecule has 0 saturated carbocycles. The second kappa shape index (κ2) is 10.5. The van der Waals surface area contributed by atoms with Gasteiger partial charge in [-0.15, -0.1) is 0 Å². The lowest BCUT2D eigenvalue weighted by atomic mass is 10.0. The fraction of sp³-hybridized carbons (Fsp3) is 0.733. The number of amides is 1. The third-order valence-corrected chi connectivity index (χ3v) is 3.85. The molecule has 9 nitrogen and oxygen atoms in total. The highest BCUT2D eigenvalue weighted by Crippen LogP contribution is 2.19. The minimum absolute atomic E-state index is 0.0670. The summed E-state index contributed by atoms with van der Waals surface area (Å²) >= 11 is 5.72. The Kier molecular flexibility index (Phi) is 8.95. The van der Waals surface area contributed by atoms with Crippen molar-refractivity contribution in [2.75, 3.05) is 13.2 Å². The van der Waals surface area contributed by atoms with Crippen molar-refractivity contribution in [1.29, 1.82) is 0 Å². The molecule has 28 heavy (non-hydrogen) atoms. The quantitative estimate of drug-likeness (QED) is 0.517. The van der Waals surface area contributed by atoms with Crippen LogP contribution in [0.1, 0.15) is 26.7 Å². The van der Waals surface area contributed by atoms with Gasteiger partial charge < -0.3 is 25.4 Å². The molecule has 0 fully saturated rings. The summed E-state index contributed by atoms with van der Waals surface area (Å²) in [5.74, 6) is -4.55. The monoisotopic (exact) mass is 431 g/mol. The Morgan fingerprint density at radius 2 is 2.04 bits per heavy atom. The number of hydrogen-bond acceptors (Lipinski definition) is 8. The van der Waals surface area contributed by atoms with E-state index >= 15 is 0 Å². The Labute approximate surface area is 163 Å². The van der Waals surface area contributed by atoms with Crippen LogP contribution in [0.15, 0.2) is 5.16 Å². The van der Waals surface area contributed by atoms with Gasteiger partial charge in [-0.05, 0) is 13.3 Å². The predicted molar refractivity (Wildman–Crippen MR) is 90.1 cm³/mol. The molecule has 1 aliphatic heterocycles. The fourth-order valence-electron chi connectivity index (χ4n) is 2.27. The molecule has 4 atom stereocenters. The number of ether oxygens (including phenoxy) is 2. The number of rotatable bonds is 9. The number of esters is 2. The normalized spacial score (nSPS) is 19.7. The number of oxime groups is 1. The first-order valence-electron chi connectivity index (χ1n) is 8.30. The highest BCUT2D eigenvalue weighted by molar-refractivity contribution is 6.65. The van der Waals surface area contributed by atoms with Crippen LogP contribution >= 0.6 is 11.6 Å². The number of carbonyl (C=O) groups is 3. The van der Waals surface area contributed by atoms with Crippen molar-refractivity contribution in [2.24, 2.45) is 16.8 Å². The molecule has 1 rings (SSSR count). The molecule has 0 aromatic rings. The van der Waals surface area contributed by atoms with E-state index in [1.807, 2.05) is 0 Å². The molecule has 0 radical (unpaired) electrons. The summed E-state index contributed by atoms with van der Waals surface area (Å²) in [4.78, 5) is 40.1. The maximum Gasteiger partial charge on any atom is 0.490 e. The maximum absolute atomic E-state index is 12.3. The Balaban J connectivity index is 2.59. The smallest absolute Gasteiger partial charge is 0.464 e. The van der Waals surface area contributed by atoms with Crippen LogP contribution in [-0.4, -0.2) is 60.6 Å².